The second kappa shape index (κ2) is 44.4. The van der Waals surface area contributed by atoms with Crippen LogP contribution in [0.1, 0.15) is 102 Å². The molecule has 0 radical (unpaired) electrons. The minimum absolute atomic E-state index is 0.0762. The normalized spacial score (nSPS) is 16.3. The van der Waals surface area contributed by atoms with Crippen LogP contribution in [0.2, 0.25) is 0 Å². The summed E-state index contributed by atoms with van der Waals surface area (Å²) in [5.74, 6) is -8.45. The largest absolute Gasteiger partial charge is 0.481 e. The van der Waals surface area contributed by atoms with Gasteiger partial charge in [-0.15, -0.1) is 0 Å². The molecule has 94 heavy (non-hydrogen) atoms. The van der Waals surface area contributed by atoms with Crippen LogP contribution in [-0.2, 0) is 59.0 Å². The summed E-state index contributed by atoms with van der Waals surface area (Å²) in [6.45, 7) is 4.73. The first-order valence-electron chi connectivity index (χ1n) is 32.0. The van der Waals surface area contributed by atoms with Gasteiger partial charge in [-0.05, 0) is 69.2 Å². The maximum Gasteiger partial charge on any atom is 0.326 e. The Morgan fingerprint density at radius 3 is 1.61 bits per heavy atom. The predicted octanol–water partition coefficient (Wildman–Crippen LogP) is 0.996. The molecule has 4 rings (SSSR count). The van der Waals surface area contributed by atoms with Crippen LogP contribution >= 0.6 is 0 Å². The van der Waals surface area contributed by atoms with Crippen molar-refractivity contribution < 1.29 is 98.3 Å². The topological polar surface area (TPSA) is 469 Å². The number of nitrogens with zero attached hydrogens (tertiary/aromatic N) is 9. The van der Waals surface area contributed by atoms with Crippen LogP contribution in [-0.4, -0.2) is 302 Å². The molecule has 2 aliphatic rings. The molecular weight excluding hydrogens is 1240 g/mol. The number of aliphatic carboxylic acids is 8. The Labute approximate surface area is 545 Å². The van der Waals surface area contributed by atoms with Gasteiger partial charge in [0.1, 0.15) is 12.1 Å². The zero-order chi connectivity index (χ0) is 68.6. The van der Waals surface area contributed by atoms with E-state index in [4.69, 9.17) is 29.7 Å². The zero-order valence-electron chi connectivity index (χ0n) is 53.4. The molecule has 2 aliphatic heterocycles. The second-order valence-corrected chi connectivity index (χ2v) is 23.2. The van der Waals surface area contributed by atoms with E-state index >= 15 is 0 Å². The summed E-state index contributed by atoms with van der Waals surface area (Å²) in [5.41, 5.74) is 1.41. The number of ether oxygens (including phenoxy) is 2. The van der Waals surface area contributed by atoms with Crippen LogP contribution < -0.4 is 31.5 Å². The van der Waals surface area contributed by atoms with Crippen molar-refractivity contribution in [3.05, 3.63) is 29.8 Å². The third-order valence-corrected chi connectivity index (χ3v) is 15.6. The number of amides is 3. The van der Waals surface area contributed by atoms with Gasteiger partial charge < -0.3 is 81.8 Å². The number of aromatic nitrogens is 3. The lowest BCUT2D eigenvalue weighted by atomic mass is 10.0. The first-order chi connectivity index (χ1) is 45.0. The number of piperazine rings is 1. The first-order valence-corrected chi connectivity index (χ1v) is 32.0. The highest BCUT2D eigenvalue weighted by Gasteiger charge is 2.29. The molecule has 0 saturated carbocycles. The van der Waals surface area contributed by atoms with E-state index in [0.29, 0.717) is 56.5 Å². The molecule has 3 amide bonds. The summed E-state index contributed by atoms with van der Waals surface area (Å²) in [6.07, 6.45) is 8.11. The molecule has 2 aromatic rings. The molecule has 2 saturated heterocycles. The molecule has 1 aromatic heterocycles. The van der Waals surface area contributed by atoms with E-state index in [0.717, 1.165) is 70.1 Å². The van der Waals surface area contributed by atoms with E-state index < -0.39 is 84.9 Å². The average molecular weight is 1330 g/mol. The first kappa shape index (κ1) is 78.3. The van der Waals surface area contributed by atoms with Crippen molar-refractivity contribution in [1.82, 2.24) is 55.4 Å². The van der Waals surface area contributed by atoms with Crippen LogP contribution in [0.3, 0.4) is 0 Å². The Morgan fingerprint density at radius 2 is 1.01 bits per heavy atom. The van der Waals surface area contributed by atoms with E-state index in [1.54, 1.807) is 19.6 Å². The average Bonchev–Trinajstić information content (AvgIpc) is 0.841. The summed E-state index contributed by atoms with van der Waals surface area (Å²) >= 11 is 0. The van der Waals surface area contributed by atoms with E-state index in [1.807, 2.05) is 24.3 Å². The Kier molecular flexibility index (Phi) is 37.0. The van der Waals surface area contributed by atoms with E-state index in [2.05, 4.69) is 41.4 Å². The number of carboxylic acids is 8. The standard InChI is InChI=1S/C60H96N14O20/c75-48(64-46(55(88)89)11-8-9-20-62-60(92)65-47(56(90)91)17-18-49(76)77)12-7-5-3-1-2-4-6-10-22-69-27-30-73(31-28-69)59-67-57(61-21-34-94-36-35-93-33-19-50(78)79)66-58(68-59)63-44-15-13-43(14-16-44)37-45-38-72(41-53(84)85)26-25-70(39-51(80)81)23-24-71(40-52(82)83)29-32-74(45)42-54(86)87/h13-16,45-47H,1-12,17-42H2,(H,64,75)(H,76,77)(H,78,79)(H,80,81)(H,82,83)(H,84,85)(H,86,87)(H,88,89)(H,90,91)(H2,62,65,92)(H2,61,63,66,67,68)/t45?,46?,47-/m0/s1. The molecule has 2 fully saturated rings. The zero-order valence-corrected chi connectivity index (χ0v) is 53.4. The molecule has 34 heteroatoms. The molecule has 0 aliphatic carbocycles. The maximum atomic E-state index is 12.6. The summed E-state index contributed by atoms with van der Waals surface area (Å²) in [4.78, 5) is 143. The highest BCUT2D eigenvalue weighted by molar-refractivity contribution is 5.84. The van der Waals surface area contributed by atoms with E-state index in [1.165, 1.54) is 0 Å². The fourth-order valence-corrected chi connectivity index (χ4v) is 10.6. The molecule has 13 N–H and O–H groups in total. The van der Waals surface area contributed by atoms with Gasteiger partial charge in [0.25, 0.3) is 0 Å². The number of benzene rings is 1. The van der Waals surface area contributed by atoms with Crippen LogP contribution in [0, 0.1) is 0 Å². The minimum atomic E-state index is -1.37. The van der Waals surface area contributed by atoms with Gasteiger partial charge >= 0.3 is 53.8 Å². The molecule has 3 atom stereocenters. The van der Waals surface area contributed by atoms with Crippen LogP contribution in [0.5, 0.6) is 0 Å². The lowest BCUT2D eigenvalue weighted by Gasteiger charge is -2.37. The number of hydrogen-bond donors (Lipinski definition) is 13. The molecule has 0 bridgehead atoms. The van der Waals surface area contributed by atoms with Crippen LogP contribution in [0.25, 0.3) is 0 Å². The van der Waals surface area contributed by atoms with Crippen molar-refractivity contribution in [2.24, 2.45) is 0 Å². The quantitative estimate of drug-likeness (QED) is 0.0411. The summed E-state index contributed by atoms with van der Waals surface area (Å²) < 4.78 is 11.0. The third kappa shape index (κ3) is 34.7. The maximum absolute atomic E-state index is 12.6. The molecule has 526 valence electrons. The number of unbranched alkanes of at least 4 members (excludes halogenated alkanes) is 8. The number of nitrogens with one attached hydrogen (secondary N) is 5. The SMILES string of the molecule is O=C(O)CCOCCOCCNc1nc(Nc2ccc(CC3CN(CC(=O)O)CCN(CC(=O)O)CCN(CC(=O)O)CCN3CC(=O)O)cc2)nc(N2CCN(CCCCCCCCCCC(=O)NC(CCCCNC(=O)N[C@@H](CCC(=O)O)C(=O)O)C(=O)O)CC2)n1. The lowest BCUT2D eigenvalue weighted by Crippen LogP contribution is -2.53. The third-order valence-electron chi connectivity index (χ3n) is 15.6. The molecule has 3 heterocycles. The van der Waals surface area contributed by atoms with E-state index in [9.17, 15) is 78.6 Å². The number of carbonyl (C=O) groups is 10. The van der Waals surface area contributed by atoms with Crippen molar-refractivity contribution in [3.63, 3.8) is 0 Å². The summed E-state index contributed by atoms with van der Waals surface area (Å²) in [6, 6.07) is 3.52. The number of hydrogen-bond acceptors (Lipinski definition) is 23. The minimum Gasteiger partial charge on any atom is -0.481 e. The van der Waals surface area contributed by atoms with Crippen molar-refractivity contribution in [1.29, 1.82) is 0 Å². The van der Waals surface area contributed by atoms with Crippen molar-refractivity contribution in [2.45, 2.75) is 121 Å². The Bertz CT molecular complexity index is 2690. The van der Waals surface area contributed by atoms with Crippen LogP contribution in [0.4, 0.5) is 28.3 Å². The number of carbonyl (C=O) groups excluding carboxylic acids is 2. The Morgan fingerprint density at radius 1 is 0.479 bits per heavy atom. The van der Waals surface area contributed by atoms with Crippen molar-refractivity contribution >= 4 is 83.2 Å². The van der Waals surface area contributed by atoms with Gasteiger partial charge in [-0.2, -0.15) is 15.0 Å². The number of rotatable bonds is 46. The molecule has 2 unspecified atom stereocenters. The fraction of sp³-hybridized carbons (Fsp3) is 0.683. The summed E-state index contributed by atoms with van der Waals surface area (Å²) in [7, 11) is 0. The van der Waals surface area contributed by atoms with Gasteiger partial charge in [0.2, 0.25) is 23.8 Å². The second-order valence-electron chi connectivity index (χ2n) is 23.2. The van der Waals surface area contributed by atoms with Gasteiger partial charge in [0.15, 0.2) is 0 Å². The highest BCUT2D eigenvalue weighted by atomic mass is 16.5. The smallest absolute Gasteiger partial charge is 0.326 e. The van der Waals surface area contributed by atoms with Gasteiger partial charge in [-0.1, -0.05) is 50.7 Å². The summed E-state index contributed by atoms with van der Waals surface area (Å²) in [5, 5.41) is 89.5. The van der Waals surface area contributed by atoms with Crippen LogP contribution in [0.15, 0.2) is 24.3 Å². The highest BCUT2D eigenvalue weighted by Crippen LogP contribution is 2.22. The fourth-order valence-electron chi connectivity index (χ4n) is 10.6. The number of carboxylic acid groups (broad SMARTS) is 8. The van der Waals surface area contributed by atoms with Gasteiger partial charge in [-0.25, -0.2) is 14.4 Å². The van der Waals surface area contributed by atoms with Gasteiger partial charge in [-0.3, -0.25) is 58.1 Å². The molecule has 0 spiro atoms. The number of urea groups is 1. The molecule has 34 nitrogen and oxygen atoms in total. The van der Waals surface area contributed by atoms with Gasteiger partial charge in [0, 0.05) is 110 Å². The lowest BCUT2D eigenvalue weighted by molar-refractivity contribution is -0.142. The molecule has 1 aromatic carbocycles. The molecular formula is C60H96N14O20. The predicted molar refractivity (Wildman–Crippen MR) is 339 cm³/mol. The number of anilines is 4. The Hall–Kier alpha value is -8.15. The monoisotopic (exact) mass is 1330 g/mol. The van der Waals surface area contributed by atoms with Crippen molar-refractivity contribution in [3.8, 4) is 0 Å². The van der Waals surface area contributed by atoms with Crippen molar-refractivity contribution in [2.75, 3.05) is 160 Å². The van der Waals surface area contributed by atoms with E-state index in [-0.39, 0.29) is 142 Å². The van der Waals surface area contributed by atoms with Gasteiger partial charge in [0.05, 0.1) is 59.0 Å². The Balaban J connectivity index is 1.27.